The fourth-order valence-electron chi connectivity index (χ4n) is 2.19. The fourth-order valence-corrected chi connectivity index (χ4v) is 4.92. The zero-order chi connectivity index (χ0) is 15.7. The van der Waals surface area contributed by atoms with Crippen LogP contribution in [-0.2, 0) is 14.8 Å². The number of carboxylic acids is 1. The van der Waals surface area contributed by atoms with E-state index in [1.165, 1.54) is 22.7 Å². The van der Waals surface area contributed by atoms with Crippen molar-refractivity contribution in [2.75, 3.05) is 19.7 Å². The molecule has 3 heterocycles. The molecule has 1 N–H and O–H groups in total. The van der Waals surface area contributed by atoms with E-state index in [-0.39, 0.29) is 28.8 Å². The van der Waals surface area contributed by atoms with Crippen LogP contribution >= 0.6 is 11.3 Å². The molecule has 0 bridgehead atoms. The van der Waals surface area contributed by atoms with Gasteiger partial charge in [-0.15, -0.1) is 11.3 Å². The molecule has 118 valence electrons. The standard InChI is InChI=1S/C13H13NO6S2/c15-13(16)11-3-4-12(21-11)22(17,18)14-5-7-20-10(8-14)9-2-1-6-19-9/h1-4,6,10H,5,7-8H2,(H,15,16). The number of furan rings is 1. The first-order valence-corrected chi connectivity index (χ1v) is 8.72. The van der Waals surface area contributed by atoms with Gasteiger partial charge in [0.1, 0.15) is 21.0 Å². The van der Waals surface area contributed by atoms with Crippen molar-refractivity contribution in [2.45, 2.75) is 10.3 Å². The van der Waals surface area contributed by atoms with Crippen LogP contribution in [0.15, 0.2) is 39.2 Å². The van der Waals surface area contributed by atoms with Gasteiger partial charge in [-0.2, -0.15) is 4.31 Å². The summed E-state index contributed by atoms with van der Waals surface area (Å²) in [7, 11) is -3.73. The third-order valence-electron chi connectivity index (χ3n) is 3.28. The third kappa shape index (κ3) is 2.80. The highest BCUT2D eigenvalue weighted by atomic mass is 32.2. The lowest BCUT2D eigenvalue weighted by molar-refractivity contribution is -0.0142. The van der Waals surface area contributed by atoms with E-state index in [2.05, 4.69) is 0 Å². The number of carbonyl (C=O) groups is 1. The minimum Gasteiger partial charge on any atom is -0.477 e. The maximum absolute atomic E-state index is 12.6. The molecule has 2 aromatic heterocycles. The number of hydrogen-bond acceptors (Lipinski definition) is 6. The molecule has 0 saturated carbocycles. The smallest absolute Gasteiger partial charge is 0.345 e. The number of morpholine rings is 1. The normalized spacial score (nSPS) is 20.1. The summed E-state index contributed by atoms with van der Waals surface area (Å²) in [5, 5.41) is 8.91. The lowest BCUT2D eigenvalue weighted by atomic mass is 10.2. The van der Waals surface area contributed by atoms with Crippen molar-refractivity contribution >= 4 is 27.3 Å². The molecular formula is C13H13NO6S2. The van der Waals surface area contributed by atoms with E-state index in [4.69, 9.17) is 14.3 Å². The highest BCUT2D eigenvalue weighted by molar-refractivity contribution is 7.91. The molecule has 1 fully saturated rings. The maximum atomic E-state index is 12.6. The molecule has 2 aromatic rings. The Labute approximate surface area is 130 Å². The van der Waals surface area contributed by atoms with Crippen molar-refractivity contribution in [1.29, 1.82) is 0 Å². The van der Waals surface area contributed by atoms with Crippen LogP contribution in [0, 0.1) is 0 Å². The molecule has 1 saturated heterocycles. The largest absolute Gasteiger partial charge is 0.477 e. The second-order valence-corrected chi connectivity index (χ2v) is 7.91. The van der Waals surface area contributed by atoms with Crippen LogP contribution < -0.4 is 0 Å². The summed E-state index contributed by atoms with van der Waals surface area (Å²) >= 11 is 0.747. The van der Waals surface area contributed by atoms with Crippen LogP contribution in [0.4, 0.5) is 0 Å². The number of aromatic carboxylic acids is 1. The summed E-state index contributed by atoms with van der Waals surface area (Å²) in [5.74, 6) is -0.570. The minimum atomic E-state index is -3.73. The predicted molar refractivity (Wildman–Crippen MR) is 77.4 cm³/mol. The molecule has 0 amide bonds. The summed E-state index contributed by atoms with van der Waals surface area (Å²) in [6, 6.07) is 6.06. The number of ether oxygens (including phenoxy) is 1. The summed E-state index contributed by atoms with van der Waals surface area (Å²) < 4.78 is 37.3. The zero-order valence-corrected chi connectivity index (χ0v) is 13.0. The molecule has 1 unspecified atom stereocenters. The van der Waals surface area contributed by atoms with Gasteiger partial charge in [0.05, 0.1) is 12.9 Å². The van der Waals surface area contributed by atoms with E-state index in [0.717, 1.165) is 11.3 Å². The summed E-state index contributed by atoms with van der Waals surface area (Å²) in [6.07, 6.45) is 1.04. The van der Waals surface area contributed by atoms with E-state index >= 15 is 0 Å². The number of hydrogen-bond donors (Lipinski definition) is 1. The van der Waals surface area contributed by atoms with E-state index in [0.29, 0.717) is 5.76 Å². The Kier molecular flexibility index (Phi) is 4.04. The Balaban J connectivity index is 1.83. The second-order valence-electron chi connectivity index (χ2n) is 4.66. The highest BCUT2D eigenvalue weighted by Gasteiger charge is 2.33. The Morgan fingerprint density at radius 3 is 2.82 bits per heavy atom. The van der Waals surface area contributed by atoms with Crippen molar-refractivity contribution in [3.05, 3.63) is 41.2 Å². The first-order chi connectivity index (χ1) is 10.5. The molecule has 0 aliphatic carbocycles. The van der Waals surface area contributed by atoms with Crippen LogP contribution in [0.25, 0.3) is 0 Å². The van der Waals surface area contributed by atoms with Crippen molar-refractivity contribution in [2.24, 2.45) is 0 Å². The fraction of sp³-hybridized carbons (Fsp3) is 0.308. The minimum absolute atomic E-state index is 0.00517. The Morgan fingerprint density at radius 2 is 2.18 bits per heavy atom. The third-order valence-corrected chi connectivity index (χ3v) is 6.68. The van der Waals surface area contributed by atoms with Crippen LogP contribution in [0.1, 0.15) is 21.5 Å². The van der Waals surface area contributed by atoms with Crippen LogP contribution in [0.3, 0.4) is 0 Å². The molecule has 1 aliphatic heterocycles. The topological polar surface area (TPSA) is 97.0 Å². The number of thiophene rings is 1. The lowest BCUT2D eigenvalue weighted by Crippen LogP contribution is -2.41. The van der Waals surface area contributed by atoms with Gasteiger partial charge >= 0.3 is 5.97 Å². The van der Waals surface area contributed by atoms with Gasteiger partial charge in [-0.3, -0.25) is 0 Å². The van der Waals surface area contributed by atoms with Crippen molar-refractivity contribution in [1.82, 2.24) is 4.31 Å². The van der Waals surface area contributed by atoms with Crippen LogP contribution in [0.5, 0.6) is 0 Å². The van der Waals surface area contributed by atoms with Crippen molar-refractivity contribution < 1.29 is 27.5 Å². The van der Waals surface area contributed by atoms with Gasteiger partial charge < -0.3 is 14.3 Å². The molecule has 7 nitrogen and oxygen atoms in total. The maximum Gasteiger partial charge on any atom is 0.345 e. The van der Waals surface area contributed by atoms with Gasteiger partial charge in [0, 0.05) is 13.1 Å². The average Bonchev–Trinajstić information content (AvgIpc) is 3.19. The quantitative estimate of drug-likeness (QED) is 0.909. The summed E-state index contributed by atoms with van der Waals surface area (Å²) in [6.45, 7) is 0.609. The van der Waals surface area contributed by atoms with Crippen LogP contribution in [0.2, 0.25) is 0 Å². The second kappa shape index (κ2) is 5.84. The summed E-state index contributed by atoms with van der Waals surface area (Å²) in [5.41, 5.74) is 0. The number of sulfonamides is 1. The van der Waals surface area contributed by atoms with E-state index < -0.39 is 22.1 Å². The van der Waals surface area contributed by atoms with Gasteiger partial charge in [0.15, 0.2) is 0 Å². The van der Waals surface area contributed by atoms with E-state index in [1.807, 2.05) is 0 Å². The molecule has 22 heavy (non-hydrogen) atoms. The predicted octanol–water partition coefficient (Wildman–Crippen LogP) is 1.80. The molecule has 0 aromatic carbocycles. The molecule has 9 heteroatoms. The first-order valence-electron chi connectivity index (χ1n) is 6.47. The lowest BCUT2D eigenvalue weighted by Gasteiger charge is -2.30. The Hall–Kier alpha value is -1.68. The van der Waals surface area contributed by atoms with Gasteiger partial charge in [0.2, 0.25) is 0 Å². The van der Waals surface area contributed by atoms with Gasteiger partial charge in [-0.25, -0.2) is 13.2 Å². The molecular weight excluding hydrogens is 330 g/mol. The first kappa shape index (κ1) is 15.2. The highest BCUT2D eigenvalue weighted by Crippen LogP contribution is 2.29. The SMILES string of the molecule is O=C(O)c1ccc(S(=O)(=O)N2CCOC(c3ccco3)C2)s1. The molecule has 0 radical (unpaired) electrons. The van der Waals surface area contributed by atoms with Gasteiger partial charge in [-0.1, -0.05) is 0 Å². The Bertz CT molecular complexity index is 764. The van der Waals surface area contributed by atoms with Crippen molar-refractivity contribution in [3.8, 4) is 0 Å². The molecule has 0 spiro atoms. The Morgan fingerprint density at radius 1 is 1.36 bits per heavy atom. The molecule has 3 rings (SSSR count). The van der Waals surface area contributed by atoms with Gasteiger partial charge in [0.25, 0.3) is 10.0 Å². The molecule has 1 aliphatic rings. The van der Waals surface area contributed by atoms with Gasteiger partial charge in [-0.05, 0) is 24.3 Å². The molecule has 1 atom stereocenters. The van der Waals surface area contributed by atoms with Crippen molar-refractivity contribution in [3.63, 3.8) is 0 Å². The number of carboxylic acid groups (broad SMARTS) is 1. The monoisotopic (exact) mass is 343 g/mol. The van der Waals surface area contributed by atoms with E-state index in [1.54, 1.807) is 12.1 Å². The van der Waals surface area contributed by atoms with E-state index in [9.17, 15) is 13.2 Å². The average molecular weight is 343 g/mol. The number of nitrogens with zero attached hydrogens (tertiary/aromatic N) is 1. The zero-order valence-electron chi connectivity index (χ0n) is 11.3. The number of rotatable bonds is 4. The van der Waals surface area contributed by atoms with Crippen LogP contribution in [-0.4, -0.2) is 43.5 Å². The summed E-state index contributed by atoms with van der Waals surface area (Å²) in [4.78, 5) is 10.9.